The molecule has 0 fully saturated rings. The van der Waals surface area contributed by atoms with Crippen LogP contribution in [-0.2, 0) is 0 Å². The molecular weight excluding hydrogens is 371 g/mol. The smallest absolute Gasteiger partial charge is 0.135 e. The fraction of sp³-hybridized carbons (Fsp3) is 0.0526. The van der Waals surface area contributed by atoms with Crippen molar-refractivity contribution < 1.29 is 4.74 Å². The molecule has 3 aromatic rings. The number of benzene rings is 3. The van der Waals surface area contributed by atoms with E-state index in [1.807, 2.05) is 36.4 Å². The summed E-state index contributed by atoms with van der Waals surface area (Å²) < 4.78 is 7.31. The lowest BCUT2D eigenvalue weighted by Crippen LogP contribution is -1.90. The Kier molecular flexibility index (Phi) is 4.25. The summed E-state index contributed by atoms with van der Waals surface area (Å²) in [5, 5.41) is 0. The summed E-state index contributed by atoms with van der Waals surface area (Å²) in [6.45, 7) is 2.07. The van der Waals surface area contributed by atoms with Gasteiger partial charge in [0.25, 0.3) is 0 Å². The first-order valence-corrected chi connectivity index (χ1v) is 7.90. The minimum atomic E-state index is 0.869. The van der Waals surface area contributed by atoms with Crippen molar-refractivity contribution in [2.75, 3.05) is 0 Å². The average Bonchev–Trinajstić information content (AvgIpc) is 2.49. The molecule has 0 unspecified atom stereocenters. The minimum absolute atomic E-state index is 0.869. The zero-order valence-electron chi connectivity index (χ0n) is 11.7. The molecule has 0 aliphatic rings. The minimum Gasteiger partial charge on any atom is -0.457 e. The molecule has 0 atom stereocenters. The summed E-state index contributed by atoms with van der Waals surface area (Å²) >= 11 is 2.36. The second-order valence-corrected chi connectivity index (χ2v) is 6.06. The normalized spacial score (nSPS) is 10.4. The summed E-state index contributed by atoms with van der Waals surface area (Å²) in [5.74, 6) is 1.75. The van der Waals surface area contributed by atoms with Crippen molar-refractivity contribution in [3.05, 3.63) is 81.9 Å². The van der Waals surface area contributed by atoms with Gasteiger partial charge in [-0.2, -0.15) is 0 Å². The van der Waals surface area contributed by atoms with Crippen molar-refractivity contribution in [1.29, 1.82) is 0 Å². The first kappa shape index (κ1) is 14.1. The van der Waals surface area contributed by atoms with Crippen LogP contribution in [0.4, 0.5) is 0 Å². The fourth-order valence-electron chi connectivity index (χ4n) is 2.26. The number of aryl methyl sites for hydroxylation is 1. The topological polar surface area (TPSA) is 9.23 Å². The van der Waals surface area contributed by atoms with Crippen molar-refractivity contribution in [2.24, 2.45) is 0 Å². The van der Waals surface area contributed by atoms with Gasteiger partial charge in [0.1, 0.15) is 11.5 Å². The lowest BCUT2D eigenvalue weighted by molar-refractivity contribution is 0.484. The second-order valence-electron chi connectivity index (χ2n) is 4.89. The van der Waals surface area contributed by atoms with Gasteiger partial charge in [0.15, 0.2) is 0 Å². The van der Waals surface area contributed by atoms with E-state index < -0.39 is 0 Å². The van der Waals surface area contributed by atoms with Gasteiger partial charge in [-0.3, -0.25) is 0 Å². The van der Waals surface area contributed by atoms with Crippen molar-refractivity contribution in [3.63, 3.8) is 0 Å². The SMILES string of the molecule is Cc1cccc(Oc2ccccc2-c2ccccc2I)c1. The van der Waals surface area contributed by atoms with Crippen LogP contribution in [0, 0.1) is 10.5 Å². The molecule has 0 radical (unpaired) electrons. The Hall–Kier alpha value is -1.81. The first-order chi connectivity index (χ1) is 10.2. The van der Waals surface area contributed by atoms with Crippen LogP contribution < -0.4 is 4.74 Å². The molecule has 1 nitrogen and oxygen atoms in total. The summed E-state index contributed by atoms with van der Waals surface area (Å²) in [7, 11) is 0. The van der Waals surface area contributed by atoms with Crippen LogP contribution in [0.25, 0.3) is 11.1 Å². The van der Waals surface area contributed by atoms with Crippen LogP contribution in [0.1, 0.15) is 5.56 Å². The number of rotatable bonds is 3. The zero-order chi connectivity index (χ0) is 14.7. The lowest BCUT2D eigenvalue weighted by Gasteiger charge is -2.12. The average molecular weight is 386 g/mol. The Morgan fingerprint density at radius 1 is 0.762 bits per heavy atom. The molecule has 0 bridgehead atoms. The van der Waals surface area contributed by atoms with Gasteiger partial charge in [-0.1, -0.05) is 48.5 Å². The van der Waals surface area contributed by atoms with Crippen LogP contribution in [0.5, 0.6) is 11.5 Å². The highest BCUT2D eigenvalue weighted by Gasteiger charge is 2.09. The Morgan fingerprint density at radius 2 is 1.48 bits per heavy atom. The van der Waals surface area contributed by atoms with Crippen molar-refractivity contribution in [1.82, 2.24) is 0 Å². The molecule has 3 aromatic carbocycles. The third-order valence-electron chi connectivity index (χ3n) is 3.27. The van der Waals surface area contributed by atoms with E-state index in [1.165, 1.54) is 14.7 Å². The molecule has 0 spiro atoms. The van der Waals surface area contributed by atoms with Crippen LogP contribution in [0.3, 0.4) is 0 Å². The maximum absolute atomic E-state index is 6.10. The van der Waals surface area contributed by atoms with E-state index in [2.05, 4.69) is 65.9 Å². The van der Waals surface area contributed by atoms with E-state index in [1.54, 1.807) is 0 Å². The van der Waals surface area contributed by atoms with E-state index >= 15 is 0 Å². The van der Waals surface area contributed by atoms with Gasteiger partial charge in [0.05, 0.1) is 0 Å². The third kappa shape index (κ3) is 3.27. The molecule has 0 aliphatic heterocycles. The molecular formula is C19H15IO. The van der Waals surface area contributed by atoms with Gasteiger partial charge in [-0.15, -0.1) is 0 Å². The Morgan fingerprint density at radius 3 is 2.24 bits per heavy atom. The van der Waals surface area contributed by atoms with Gasteiger partial charge in [0, 0.05) is 9.13 Å². The number of halogens is 1. The van der Waals surface area contributed by atoms with Crippen LogP contribution in [-0.4, -0.2) is 0 Å². The van der Waals surface area contributed by atoms with Gasteiger partial charge < -0.3 is 4.74 Å². The highest BCUT2D eigenvalue weighted by atomic mass is 127. The van der Waals surface area contributed by atoms with Crippen LogP contribution in [0.15, 0.2) is 72.8 Å². The van der Waals surface area contributed by atoms with E-state index in [0.717, 1.165) is 17.1 Å². The van der Waals surface area contributed by atoms with Gasteiger partial charge in [0.2, 0.25) is 0 Å². The second kappa shape index (κ2) is 6.31. The Bertz CT molecular complexity index is 765. The molecule has 0 heterocycles. The van der Waals surface area contributed by atoms with Crippen molar-refractivity contribution >= 4 is 22.6 Å². The molecule has 0 saturated heterocycles. The van der Waals surface area contributed by atoms with E-state index in [9.17, 15) is 0 Å². The Labute approximate surface area is 138 Å². The van der Waals surface area contributed by atoms with Gasteiger partial charge in [-0.25, -0.2) is 0 Å². The van der Waals surface area contributed by atoms with Crippen molar-refractivity contribution in [3.8, 4) is 22.6 Å². The van der Waals surface area contributed by atoms with Crippen LogP contribution in [0.2, 0.25) is 0 Å². The molecule has 21 heavy (non-hydrogen) atoms. The zero-order valence-corrected chi connectivity index (χ0v) is 13.9. The van der Waals surface area contributed by atoms with Crippen molar-refractivity contribution in [2.45, 2.75) is 6.92 Å². The van der Waals surface area contributed by atoms with Gasteiger partial charge >= 0.3 is 0 Å². The van der Waals surface area contributed by atoms with Gasteiger partial charge in [-0.05, 0) is 64.9 Å². The monoisotopic (exact) mass is 386 g/mol. The largest absolute Gasteiger partial charge is 0.457 e. The molecule has 0 amide bonds. The van der Waals surface area contributed by atoms with E-state index in [-0.39, 0.29) is 0 Å². The predicted octanol–water partition coefficient (Wildman–Crippen LogP) is 6.06. The summed E-state index contributed by atoms with van der Waals surface area (Å²) in [5.41, 5.74) is 3.50. The highest BCUT2D eigenvalue weighted by molar-refractivity contribution is 14.1. The third-order valence-corrected chi connectivity index (χ3v) is 4.21. The number of hydrogen-bond donors (Lipinski definition) is 0. The molecule has 0 N–H and O–H groups in total. The fourth-order valence-corrected chi connectivity index (χ4v) is 2.94. The first-order valence-electron chi connectivity index (χ1n) is 6.82. The Balaban J connectivity index is 2.03. The summed E-state index contributed by atoms with van der Waals surface area (Å²) in [6, 6.07) is 24.6. The molecule has 0 saturated carbocycles. The molecule has 0 aromatic heterocycles. The maximum Gasteiger partial charge on any atom is 0.135 e. The predicted molar refractivity (Wildman–Crippen MR) is 95.8 cm³/mol. The van der Waals surface area contributed by atoms with E-state index in [4.69, 9.17) is 4.74 Å². The molecule has 2 heteroatoms. The highest BCUT2D eigenvalue weighted by Crippen LogP contribution is 2.35. The maximum atomic E-state index is 6.10. The van der Waals surface area contributed by atoms with E-state index in [0.29, 0.717) is 0 Å². The van der Waals surface area contributed by atoms with Crippen LogP contribution >= 0.6 is 22.6 Å². The standard InChI is InChI=1S/C19H15IO/c1-14-7-6-8-15(13-14)21-19-12-5-3-10-17(19)16-9-2-4-11-18(16)20/h2-13H,1H3. The number of para-hydroxylation sites is 1. The number of hydrogen-bond acceptors (Lipinski definition) is 1. The molecule has 0 aliphatic carbocycles. The summed E-state index contributed by atoms with van der Waals surface area (Å²) in [6.07, 6.45) is 0. The lowest BCUT2D eigenvalue weighted by atomic mass is 10.0. The molecule has 104 valence electrons. The number of ether oxygens (including phenoxy) is 1. The quantitative estimate of drug-likeness (QED) is 0.498. The molecule has 3 rings (SSSR count). The summed E-state index contributed by atoms with van der Waals surface area (Å²) in [4.78, 5) is 0.